The predicted octanol–water partition coefficient (Wildman–Crippen LogP) is 6.32. The number of anilines is 1. The Bertz CT molecular complexity index is 1710. The van der Waals surface area contributed by atoms with Crippen LogP contribution in [-0.2, 0) is 4.79 Å². The van der Waals surface area contributed by atoms with E-state index in [-0.39, 0.29) is 28.5 Å². The van der Waals surface area contributed by atoms with Crippen molar-refractivity contribution < 1.29 is 14.5 Å². The quantitative estimate of drug-likeness (QED) is 0.140. The number of rotatable bonds is 8. The molecule has 1 heterocycles. The Morgan fingerprint density at radius 3 is 2.71 bits per heavy atom. The minimum atomic E-state index is -0.583. The highest BCUT2D eigenvalue weighted by atomic mass is 79.9. The number of aromatic nitrogens is 2. The molecule has 0 atom stereocenters. The molecule has 0 saturated heterocycles. The summed E-state index contributed by atoms with van der Waals surface area (Å²) in [6.07, 6.45) is 6.35. The molecule has 0 aliphatic heterocycles. The number of carbonyl (C=O) groups is 1. The second-order valence-corrected chi connectivity index (χ2v) is 10.8. The fourth-order valence-electron chi connectivity index (χ4n) is 5.00. The van der Waals surface area contributed by atoms with Gasteiger partial charge in [0.25, 0.3) is 11.5 Å². The first-order valence-electron chi connectivity index (χ1n) is 13.3. The van der Waals surface area contributed by atoms with Gasteiger partial charge in [-0.05, 0) is 55.7 Å². The normalized spacial score (nSPS) is 13.9. The van der Waals surface area contributed by atoms with E-state index in [1.807, 2.05) is 25.1 Å². The number of amides is 1. The third kappa shape index (κ3) is 6.35. The number of fused-ring (bicyclic) bond motifs is 1. The van der Waals surface area contributed by atoms with Crippen LogP contribution in [0.1, 0.15) is 55.0 Å². The predicted molar refractivity (Wildman–Crippen MR) is 161 cm³/mol. The molecule has 1 aliphatic carbocycles. The van der Waals surface area contributed by atoms with E-state index < -0.39 is 17.4 Å². The Hall–Kier alpha value is -4.38. The molecule has 5 rings (SSSR count). The molecular weight excluding hydrogens is 590 g/mol. The number of hydrogen-bond acceptors (Lipinski definition) is 7. The molecule has 1 fully saturated rings. The van der Waals surface area contributed by atoms with Gasteiger partial charge in [0, 0.05) is 27.7 Å². The molecule has 0 radical (unpaired) electrons. The second kappa shape index (κ2) is 12.4. The number of nitro benzene ring substituents is 1. The Balaban J connectivity index is 1.51. The van der Waals surface area contributed by atoms with E-state index in [1.165, 1.54) is 23.0 Å². The number of halogens is 1. The van der Waals surface area contributed by atoms with Crippen LogP contribution >= 0.6 is 15.9 Å². The first-order valence-corrected chi connectivity index (χ1v) is 14.1. The molecular formula is C30H28BrN5O5. The molecule has 0 spiro atoms. The van der Waals surface area contributed by atoms with Gasteiger partial charge in [-0.1, -0.05) is 59.5 Å². The van der Waals surface area contributed by atoms with E-state index in [1.54, 1.807) is 30.3 Å². The minimum absolute atomic E-state index is 0.0626. The van der Waals surface area contributed by atoms with E-state index in [0.29, 0.717) is 22.4 Å². The summed E-state index contributed by atoms with van der Waals surface area (Å²) in [4.78, 5) is 42.3. The summed E-state index contributed by atoms with van der Waals surface area (Å²) in [6.45, 7) is 1.40. The number of ether oxygens (including phenoxy) is 1. The average Bonchev–Trinajstić information content (AvgIpc) is 2.97. The van der Waals surface area contributed by atoms with Gasteiger partial charge in [-0.3, -0.25) is 19.7 Å². The number of aryl methyl sites for hydroxylation is 1. The van der Waals surface area contributed by atoms with Crippen molar-refractivity contribution in [3.63, 3.8) is 0 Å². The van der Waals surface area contributed by atoms with Gasteiger partial charge in [-0.15, -0.1) is 0 Å². The fraction of sp³-hybridized carbons (Fsp3) is 0.267. The molecule has 0 unspecified atom stereocenters. The highest BCUT2D eigenvalue weighted by molar-refractivity contribution is 9.10. The number of benzene rings is 3. The molecule has 3 aromatic carbocycles. The zero-order valence-corrected chi connectivity index (χ0v) is 24.0. The average molecular weight is 618 g/mol. The minimum Gasteiger partial charge on any atom is -0.476 e. The van der Waals surface area contributed by atoms with Crippen LogP contribution in [0.3, 0.4) is 0 Å². The highest BCUT2D eigenvalue weighted by Gasteiger charge is 2.24. The number of carbonyl (C=O) groups excluding carboxylic acids is 1. The lowest BCUT2D eigenvalue weighted by Gasteiger charge is -2.22. The Morgan fingerprint density at radius 2 is 1.95 bits per heavy atom. The van der Waals surface area contributed by atoms with Crippen molar-refractivity contribution in [3.8, 4) is 5.75 Å². The Labute approximate surface area is 244 Å². The highest BCUT2D eigenvalue weighted by Crippen LogP contribution is 2.33. The lowest BCUT2D eigenvalue weighted by atomic mass is 9.88. The van der Waals surface area contributed by atoms with Crippen LogP contribution in [0.5, 0.6) is 5.75 Å². The SMILES string of the molecule is Cc1ccccc1NC(=O)COc1c(C=Nn2c(C3CCCCC3)nc3ccc(Br)cc3c2=O)cccc1[N+](=O)[O-]. The van der Waals surface area contributed by atoms with Crippen molar-refractivity contribution in [2.45, 2.75) is 44.9 Å². The maximum atomic E-state index is 13.6. The summed E-state index contributed by atoms with van der Waals surface area (Å²) < 4.78 is 7.73. The van der Waals surface area contributed by atoms with Crippen LogP contribution < -0.4 is 15.6 Å². The van der Waals surface area contributed by atoms with E-state index in [2.05, 4.69) is 26.3 Å². The summed E-state index contributed by atoms with van der Waals surface area (Å²) >= 11 is 3.42. The molecule has 1 amide bonds. The molecule has 4 aromatic rings. The van der Waals surface area contributed by atoms with Crippen molar-refractivity contribution in [1.29, 1.82) is 0 Å². The van der Waals surface area contributed by atoms with Gasteiger partial charge in [0.1, 0.15) is 5.82 Å². The first-order chi connectivity index (χ1) is 19.8. The van der Waals surface area contributed by atoms with Gasteiger partial charge in [0.05, 0.1) is 22.0 Å². The molecule has 41 heavy (non-hydrogen) atoms. The number of nitro groups is 1. The van der Waals surface area contributed by atoms with Gasteiger partial charge >= 0.3 is 5.69 Å². The number of nitrogens with one attached hydrogen (secondary N) is 1. The van der Waals surface area contributed by atoms with Gasteiger partial charge in [0.15, 0.2) is 6.61 Å². The van der Waals surface area contributed by atoms with Crippen LogP contribution in [0.15, 0.2) is 75.0 Å². The van der Waals surface area contributed by atoms with E-state index in [9.17, 15) is 19.7 Å². The van der Waals surface area contributed by atoms with Crippen molar-refractivity contribution in [2.24, 2.45) is 5.10 Å². The summed E-state index contributed by atoms with van der Waals surface area (Å²) in [5.41, 5.74) is 1.67. The van der Waals surface area contributed by atoms with Crippen molar-refractivity contribution in [3.05, 3.63) is 103 Å². The van der Waals surface area contributed by atoms with Crippen molar-refractivity contribution in [2.75, 3.05) is 11.9 Å². The second-order valence-electron chi connectivity index (χ2n) is 9.93. The van der Waals surface area contributed by atoms with Crippen LogP contribution in [0, 0.1) is 17.0 Å². The van der Waals surface area contributed by atoms with E-state index >= 15 is 0 Å². The molecule has 1 aromatic heterocycles. The Morgan fingerprint density at radius 1 is 1.17 bits per heavy atom. The lowest BCUT2D eigenvalue weighted by molar-refractivity contribution is -0.385. The monoisotopic (exact) mass is 617 g/mol. The Kier molecular flexibility index (Phi) is 8.53. The molecule has 0 bridgehead atoms. The molecule has 1 aliphatic rings. The maximum absolute atomic E-state index is 13.6. The van der Waals surface area contributed by atoms with Gasteiger partial charge in [-0.2, -0.15) is 9.78 Å². The zero-order chi connectivity index (χ0) is 28.9. The number of hydrogen-bond donors (Lipinski definition) is 1. The fourth-order valence-corrected chi connectivity index (χ4v) is 5.37. The van der Waals surface area contributed by atoms with Crippen LogP contribution in [0.25, 0.3) is 10.9 Å². The molecule has 1 saturated carbocycles. The molecule has 1 N–H and O–H groups in total. The number of nitrogens with zero attached hydrogens (tertiary/aromatic N) is 4. The summed E-state index contributed by atoms with van der Waals surface area (Å²) in [5, 5.41) is 19.5. The van der Waals surface area contributed by atoms with E-state index in [0.717, 1.165) is 42.1 Å². The van der Waals surface area contributed by atoms with Crippen LogP contribution in [0.4, 0.5) is 11.4 Å². The zero-order valence-electron chi connectivity index (χ0n) is 22.4. The summed E-state index contributed by atoms with van der Waals surface area (Å²) in [5.74, 6) is 0.0317. The standard InChI is InChI=1S/C30H28BrN5O5/c1-19-8-5-6-12-24(19)33-27(37)18-41-28-21(11-7-13-26(28)36(39)40)17-32-35-29(20-9-3-2-4-10-20)34-25-15-14-22(31)16-23(25)30(35)38/h5-8,11-17,20H,2-4,9-10,18H2,1H3,(H,33,37). The van der Waals surface area contributed by atoms with Gasteiger partial charge in [-0.25, -0.2) is 4.98 Å². The van der Waals surface area contributed by atoms with E-state index in [4.69, 9.17) is 9.72 Å². The molecule has 10 nitrogen and oxygen atoms in total. The first kappa shape index (κ1) is 28.2. The number of para-hydroxylation sites is 2. The summed E-state index contributed by atoms with van der Waals surface area (Å²) in [7, 11) is 0. The summed E-state index contributed by atoms with van der Waals surface area (Å²) in [6, 6.07) is 17.0. The van der Waals surface area contributed by atoms with Gasteiger partial charge < -0.3 is 10.1 Å². The smallest absolute Gasteiger partial charge is 0.311 e. The van der Waals surface area contributed by atoms with Gasteiger partial charge in [0.2, 0.25) is 5.75 Å². The van der Waals surface area contributed by atoms with Crippen molar-refractivity contribution >= 4 is 50.3 Å². The maximum Gasteiger partial charge on any atom is 0.311 e. The largest absolute Gasteiger partial charge is 0.476 e. The lowest BCUT2D eigenvalue weighted by Crippen LogP contribution is -2.25. The third-order valence-electron chi connectivity index (χ3n) is 7.10. The van der Waals surface area contributed by atoms with Crippen LogP contribution in [-0.4, -0.2) is 33.3 Å². The molecule has 210 valence electrons. The molecule has 11 heteroatoms. The third-order valence-corrected chi connectivity index (χ3v) is 7.60. The van der Waals surface area contributed by atoms with Crippen molar-refractivity contribution in [1.82, 2.24) is 9.66 Å². The van der Waals surface area contributed by atoms with Crippen LogP contribution in [0.2, 0.25) is 0 Å². The topological polar surface area (TPSA) is 129 Å².